The minimum absolute atomic E-state index is 0.224. The van der Waals surface area contributed by atoms with Crippen molar-refractivity contribution >= 4 is 6.03 Å². The van der Waals surface area contributed by atoms with Gasteiger partial charge < -0.3 is 20.0 Å². The maximum atomic E-state index is 13.4. The van der Waals surface area contributed by atoms with Crippen LogP contribution in [0.25, 0.3) is 0 Å². The van der Waals surface area contributed by atoms with E-state index in [-0.39, 0.29) is 12.6 Å². The third-order valence-electron chi connectivity index (χ3n) is 5.62. The van der Waals surface area contributed by atoms with E-state index >= 15 is 0 Å². The smallest absolute Gasteiger partial charge is 0.321 e. The molecule has 1 saturated heterocycles. The van der Waals surface area contributed by atoms with Crippen LogP contribution in [0, 0.1) is 0 Å². The Morgan fingerprint density at radius 1 is 0.900 bits per heavy atom. The summed E-state index contributed by atoms with van der Waals surface area (Å²) in [6.07, 6.45) is 2.30. The number of aliphatic hydroxyl groups is 2. The third-order valence-corrected chi connectivity index (χ3v) is 5.62. The molecule has 30 heavy (non-hydrogen) atoms. The minimum Gasteiger partial charge on any atom is -0.391 e. The highest BCUT2D eigenvalue weighted by Crippen LogP contribution is 2.28. The van der Waals surface area contributed by atoms with Gasteiger partial charge in [-0.1, -0.05) is 72.8 Å². The van der Waals surface area contributed by atoms with Crippen molar-refractivity contribution < 1.29 is 15.0 Å². The van der Waals surface area contributed by atoms with Gasteiger partial charge in [0, 0.05) is 19.5 Å². The summed E-state index contributed by atoms with van der Waals surface area (Å²) in [6, 6.07) is 18.0. The topological polar surface area (TPSA) is 64.0 Å². The molecule has 2 N–H and O–H groups in total. The molecule has 0 aliphatic carbocycles. The first-order valence-electron chi connectivity index (χ1n) is 10.3. The predicted octanol–water partition coefficient (Wildman–Crippen LogP) is 3.04. The lowest BCUT2D eigenvalue weighted by Crippen LogP contribution is -2.69. The van der Waals surface area contributed by atoms with Gasteiger partial charge in [0.25, 0.3) is 0 Å². The lowest BCUT2D eigenvalue weighted by Gasteiger charge is -2.50. The summed E-state index contributed by atoms with van der Waals surface area (Å²) in [5.41, 5.74) is 1.98. The summed E-state index contributed by atoms with van der Waals surface area (Å²) < 4.78 is 0. The molecule has 0 aromatic heterocycles. The Labute approximate surface area is 178 Å². The van der Waals surface area contributed by atoms with Crippen LogP contribution in [0.3, 0.4) is 0 Å². The summed E-state index contributed by atoms with van der Waals surface area (Å²) in [5.74, 6) is 0. The zero-order valence-corrected chi connectivity index (χ0v) is 17.2. The van der Waals surface area contributed by atoms with Gasteiger partial charge in [0.1, 0.15) is 0 Å². The van der Waals surface area contributed by atoms with Crippen molar-refractivity contribution in [2.24, 2.45) is 0 Å². The number of carbonyl (C=O) groups is 1. The fourth-order valence-corrected chi connectivity index (χ4v) is 4.22. The molecule has 4 unspecified atom stereocenters. The Bertz CT molecular complexity index is 840. The van der Waals surface area contributed by atoms with Crippen LogP contribution in [0.2, 0.25) is 0 Å². The number of benzene rings is 2. The van der Waals surface area contributed by atoms with Gasteiger partial charge in [-0.15, -0.1) is 13.2 Å². The zero-order chi connectivity index (χ0) is 21.5. The molecule has 2 aromatic carbocycles. The molecule has 5 nitrogen and oxygen atoms in total. The standard InChI is InChI=1S/C25H30N2O3/c1-3-15-26-21(17-19-11-7-5-8-12-19)24(29)23(27(16-4-2)25(26)30)22(28)18-20-13-9-6-10-14-20/h3-14,21-24,28-29H,1-2,15-18H2. The molecule has 1 heterocycles. The second kappa shape index (κ2) is 10.2. The molecule has 2 amide bonds. The lowest BCUT2D eigenvalue weighted by atomic mass is 9.87. The van der Waals surface area contributed by atoms with E-state index < -0.39 is 24.3 Å². The average molecular weight is 407 g/mol. The average Bonchev–Trinajstić information content (AvgIpc) is 2.76. The largest absolute Gasteiger partial charge is 0.391 e. The van der Waals surface area contributed by atoms with Crippen molar-refractivity contribution in [3.8, 4) is 0 Å². The Morgan fingerprint density at radius 3 is 2.00 bits per heavy atom. The van der Waals surface area contributed by atoms with Crippen LogP contribution >= 0.6 is 0 Å². The molecular weight excluding hydrogens is 376 g/mol. The van der Waals surface area contributed by atoms with Gasteiger partial charge in [-0.3, -0.25) is 0 Å². The highest BCUT2D eigenvalue weighted by atomic mass is 16.3. The highest BCUT2D eigenvalue weighted by Gasteiger charge is 2.47. The lowest BCUT2D eigenvalue weighted by molar-refractivity contribution is -0.0736. The first kappa shape index (κ1) is 21.8. The van der Waals surface area contributed by atoms with Crippen LogP contribution < -0.4 is 0 Å². The molecule has 4 atom stereocenters. The highest BCUT2D eigenvalue weighted by molar-refractivity contribution is 5.77. The molecule has 5 heteroatoms. The summed E-state index contributed by atoms with van der Waals surface area (Å²) in [4.78, 5) is 16.5. The molecule has 1 aliphatic heterocycles. The number of aliphatic hydroxyl groups excluding tert-OH is 2. The number of amides is 2. The molecule has 1 fully saturated rings. The van der Waals surface area contributed by atoms with E-state index in [9.17, 15) is 15.0 Å². The van der Waals surface area contributed by atoms with E-state index in [4.69, 9.17) is 0 Å². The van der Waals surface area contributed by atoms with Crippen LogP contribution in [0.1, 0.15) is 11.1 Å². The van der Waals surface area contributed by atoms with Gasteiger partial charge in [-0.25, -0.2) is 4.79 Å². The summed E-state index contributed by atoms with van der Waals surface area (Å²) >= 11 is 0. The maximum Gasteiger partial charge on any atom is 0.321 e. The van der Waals surface area contributed by atoms with Crippen LogP contribution in [0.15, 0.2) is 86.0 Å². The fraction of sp³-hybridized carbons (Fsp3) is 0.320. The fourth-order valence-electron chi connectivity index (χ4n) is 4.22. The van der Waals surface area contributed by atoms with Crippen molar-refractivity contribution in [2.45, 2.75) is 37.1 Å². The maximum absolute atomic E-state index is 13.4. The summed E-state index contributed by atoms with van der Waals surface area (Å²) in [5, 5.41) is 22.5. The SMILES string of the molecule is C=CCN1C(=O)N(CC=C)C(C(O)Cc2ccccc2)C(O)C1Cc1ccccc1. The van der Waals surface area contributed by atoms with Crippen LogP contribution in [0.5, 0.6) is 0 Å². The van der Waals surface area contributed by atoms with Crippen LogP contribution in [-0.2, 0) is 12.8 Å². The zero-order valence-electron chi connectivity index (χ0n) is 17.2. The monoisotopic (exact) mass is 406 g/mol. The molecule has 0 saturated carbocycles. The van der Waals surface area contributed by atoms with Gasteiger partial charge in [0.2, 0.25) is 0 Å². The van der Waals surface area contributed by atoms with Crippen molar-refractivity contribution in [2.75, 3.05) is 13.1 Å². The molecule has 0 bridgehead atoms. The first-order chi connectivity index (χ1) is 14.6. The number of nitrogens with zero attached hydrogens (tertiary/aromatic N) is 2. The van der Waals surface area contributed by atoms with Crippen molar-refractivity contribution in [1.29, 1.82) is 0 Å². The third kappa shape index (κ3) is 4.81. The van der Waals surface area contributed by atoms with Crippen LogP contribution in [-0.4, -0.2) is 63.4 Å². The van der Waals surface area contributed by atoms with Gasteiger partial charge in [-0.05, 0) is 17.5 Å². The molecule has 0 spiro atoms. The van der Waals surface area contributed by atoms with Crippen molar-refractivity contribution in [3.63, 3.8) is 0 Å². The second-order valence-corrected chi connectivity index (χ2v) is 7.66. The summed E-state index contributed by atoms with van der Waals surface area (Å²) in [6.45, 7) is 8.10. The number of carbonyl (C=O) groups excluding carboxylic acids is 1. The molecule has 0 radical (unpaired) electrons. The van der Waals surface area contributed by atoms with E-state index in [1.165, 1.54) is 4.90 Å². The normalized spacial score (nSPS) is 22.6. The van der Waals surface area contributed by atoms with E-state index in [1.807, 2.05) is 60.7 Å². The molecular formula is C25H30N2O3. The van der Waals surface area contributed by atoms with Gasteiger partial charge in [-0.2, -0.15) is 0 Å². The van der Waals surface area contributed by atoms with Gasteiger partial charge in [0.05, 0.1) is 24.3 Å². The minimum atomic E-state index is -0.929. The Hall–Kier alpha value is -2.89. The number of rotatable bonds is 9. The Balaban J connectivity index is 1.92. The molecule has 1 aliphatic rings. The Kier molecular flexibility index (Phi) is 7.44. The van der Waals surface area contributed by atoms with Gasteiger partial charge in [0.15, 0.2) is 0 Å². The molecule has 158 valence electrons. The number of hydrogen-bond acceptors (Lipinski definition) is 3. The predicted molar refractivity (Wildman–Crippen MR) is 119 cm³/mol. The first-order valence-corrected chi connectivity index (χ1v) is 10.3. The van der Waals surface area contributed by atoms with E-state index in [2.05, 4.69) is 13.2 Å². The van der Waals surface area contributed by atoms with E-state index in [0.717, 1.165) is 11.1 Å². The number of hydrogen-bond donors (Lipinski definition) is 2. The molecule has 3 rings (SSSR count). The van der Waals surface area contributed by atoms with E-state index in [1.54, 1.807) is 17.1 Å². The van der Waals surface area contributed by atoms with Crippen LogP contribution in [0.4, 0.5) is 4.79 Å². The van der Waals surface area contributed by atoms with E-state index in [0.29, 0.717) is 19.4 Å². The Morgan fingerprint density at radius 2 is 1.43 bits per heavy atom. The molecule has 2 aromatic rings. The van der Waals surface area contributed by atoms with Crippen molar-refractivity contribution in [3.05, 3.63) is 97.1 Å². The van der Waals surface area contributed by atoms with Gasteiger partial charge >= 0.3 is 6.03 Å². The second-order valence-electron chi connectivity index (χ2n) is 7.66. The quantitative estimate of drug-likeness (QED) is 0.629. The summed E-state index contributed by atoms with van der Waals surface area (Å²) in [7, 11) is 0. The number of urea groups is 1. The van der Waals surface area contributed by atoms with Crippen molar-refractivity contribution in [1.82, 2.24) is 9.80 Å².